The van der Waals surface area contributed by atoms with Gasteiger partial charge < -0.3 is 11.5 Å². The van der Waals surface area contributed by atoms with Crippen molar-refractivity contribution in [3.8, 4) is 0 Å². The van der Waals surface area contributed by atoms with Crippen LogP contribution < -0.4 is 11.5 Å². The minimum Gasteiger partial charge on any atom is -0.397 e. The van der Waals surface area contributed by atoms with Crippen LogP contribution in [0, 0.1) is 0 Å². The molecule has 0 bridgehead atoms. The fraction of sp³-hybridized carbons (Fsp3) is 0.143. The van der Waals surface area contributed by atoms with Gasteiger partial charge >= 0.3 is 6.18 Å². The van der Waals surface area contributed by atoms with Crippen LogP contribution in [0.25, 0.3) is 0 Å². The summed E-state index contributed by atoms with van der Waals surface area (Å²) in [5, 5.41) is 0. The highest BCUT2D eigenvalue weighted by Crippen LogP contribution is 2.41. The van der Waals surface area contributed by atoms with Crippen molar-refractivity contribution >= 4 is 36.6 Å². The van der Waals surface area contributed by atoms with Gasteiger partial charge in [-0.2, -0.15) is 13.2 Å². The van der Waals surface area contributed by atoms with Crippen LogP contribution in [0.5, 0.6) is 0 Å². The summed E-state index contributed by atoms with van der Waals surface area (Å²) in [4.78, 5) is -0.0821. The van der Waals surface area contributed by atoms with E-state index in [1.54, 1.807) is 0 Å². The zero-order chi connectivity index (χ0) is 11.1. The Labute approximate surface area is 89.3 Å². The van der Waals surface area contributed by atoms with E-state index >= 15 is 0 Å². The number of rotatable bonds is 0. The zero-order valence-electron chi connectivity index (χ0n) is 6.76. The molecule has 0 spiro atoms. The quantitative estimate of drug-likeness (QED) is 0.416. The number of anilines is 2. The Morgan fingerprint density at radius 2 is 1.57 bits per heavy atom. The number of halogens is 3. The SMILES string of the molecule is Nc1c(S)cc(C(F)(F)F)c(N)c1S. The molecule has 0 aliphatic rings. The van der Waals surface area contributed by atoms with E-state index in [4.69, 9.17) is 11.5 Å². The van der Waals surface area contributed by atoms with Crippen LogP contribution in [0.4, 0.5) is 24.5 Å². The standard InChI is InChI=1S/C7H7F3N2S2/c8-7(9,10)2-1-3(13)5(12)6(14)4(2)11/h1,13-14H,11-12H2. The molecule has 1 rings (SSSR count). The highest BCUT2D eigenvalue weighted by molar-refractivity contribution is 7.81. The lowest BCUT2D eigenvalue weighted by Gasteiger charge is -2.14. The summed E-state index contributed by atoms with van der Waals surface area (Å²) in [6.45, 7) is 0. The molecule has 0 radical (unpaired) electrons. The molecular formula is C7H7F3N2S2. The fourth-order valence-corrected chi connectivity index (χ4v) is 1.49. The molecule has 4 N–H and O–H groups in total. The van der Waals surface area contributed by atoms with Gasteiger partial charge in [-0.05, 0) is 6.07 Å². The minimum absolute atomic E-state index is 0.0107. The Balaban J connectivity index is 3.49. The molecule has 1 aromatic carbocycles. The lowest BCUT2D eigenvalue weighted by atomic mass is 10.1. The Morgan fingerprint density at radius 3 is 2.00 bits per heavy atom. The molecule has 0 aromatic heterocycles. The van der Waals surface area contributed by atoms with Gasteiger partial charge in [-0.25, -0.2) is 0 Å². The maximum Gasteiger partial charge on any atom is 0.418 e. The Kier molecular flexibility index (Phi) is 2.82. The number of nitrogen functional groups attached to an aromatic ring is 2. The Morgan fingerprint density at radius 1 is 1.07 bits per heavy atom. The maximum atomic E-state index is 12.4. The number of hydrogen-bond donors (Lipinski definition) is 4. The lowest BCUT2D eigenvalue weighted by molar-refractivity contribution is -0.137. The second-order valence-corrected chi connectivity index (χ2v) is 3.55. The third-order valence-electron chi connectivity index (χ3n) is 1.66. The van der Waals surface area contributed by atoms with E-state index in [9.17, 15) is 13.2 Å². The van der Waals surface area contributed by atoms with Crippen molar-refractivity contribution in [3.05, 3.63) is 11.6 Å². The van der Waals surface area contributed by atoms with Gasteiger partial charge in [0.15, 0.2) is 0 Å². The van der Waals surface area contributed by atoms with Crippen molar-refractivity contribution < 1.29 is 13.2 Å². The van der Waals surface area contributed by atoms with Crippen LogP contribution in [0.2, 0.25) is 0 Å². The van der Waals surface area contributed by atoms with E-state index in [0.29, 0.717) is 0 Å². The van der Waals surface area contributed by atoms with Crippen molar-refractivity contribution in [2.75, 3.05) is 11.5 Å². The molecule has 0 saturated heterocycles. The largest absolute Gasteiger partial charge is 0.418 e. The molecule has 0 aliphatic carbocycles. The van der Waals surface area contributed by atoms with Gasteiger partial charge in [-0.15, -0.1) is 25.3 Å². The number of benzene rings is 1. The van der Waals surface area contributed by atoms with Gasteiger partial charge in [0.25, 0.3) is 0 Å². The van der Waals surface area contributed by atoms with Crippen molar-refractivity contribution in [1.82, 2.24) is 0 Å². The average molecular weight is 240 g/mol. The van der Waals surface area contributed by atoms with E-state index in [2.05, 4.69) is 25.3 Å². The van der Waals surface area contributed by atoms with Gasteiger partial charge in [-0.3, -0.25) is 0 Å². The van der Waals surface area contributed by atoms with Crippen LogP contribution in [0.3, 0.4) is 0 Å². The first kappa shape index (κ1) is 11.4. The summed E-state index contributed by atoms with van der Waals surface area (Å²) in [7, 11) is 0. The van der Waals surface area contributed by atoms with Gasteiger partial charge in [-0.1, -0.05) is 0 Å². The summed E-state index contributed by atoms with van der Waals surface area (Å²) >= 11 is 7.57. The molecule has 0 fully saturated rings. The Bertz CT molecular complexity index is 376. The number of hydrogen-bond acceptors (Lipinski definition) is 4. The normalized spacial score (nSPS) is 11.8. The van der Waals surface area contributed by atoms with Gasteiger partial charge in [0.05, 0.1) is 21.8 Å². The first-order valence-corrected chi connectivity index (χ1v) is 4.31. The summed E-state index contributed by atoms with van der Waals surface area (Å²) < 4.78 is 37.1. The smallest absolute Gasteiger partial charge is 0.397 e. The fourth-order valence-electron chi connectivity index (χ4n) is 0.921. The second-order valence-electron chi connectivity index (χ2n) is 2.62. The number of nitrogens with two attached hydrogens (primary N) is 2. The van der Waals surface area contributed by atoms with E-state index < -0.39 is 17.4 Å². The van der Waals surface area contributed by atoms with Crippen LogP contribution >= 0.6 is 25.3 Å². The van der Waals surface area contributed by atoms with E-state index in [1.165, 1.54) is 0 Å². The van der Waals surface area contributed by atoms with E-state index in [1.807, 2.05) is 0 Å². The molecule has 0 unspecified atom stereocenters. The molecular weight excluding hydrogens is 233 g/mol. The number of alkyl halides is 3. The highest BCUT2D eigenvalue weighted by atomic mass is 32.1. The van der Waals surface area contributed by atoms with Crippen molar-refractivity contribution in [2.24, 2.45) is 0 Å². The van der Waals surface area contributed by atoms with Crippen LogP contribution in [0.1, 0.15) is 5.56 Å². The summed E-state index contributed by atoms with van der Waals surface area (Å²) in [5.74, 6) is 0. The molecule has 78 valence electrons. The molecule has 0 saturated carbocycles. The zero-order valence-corrected chi connectivity index (χ0v) is 8.55. The van der Waals surface area contributed by atoms with Crippen molar-refractivity contribution in [1.29, 1.82) is 0 Å². The van der Waals surface area contributed by atoms with Gasteiger partial charge in [0, 0.05) is 4.90 Å². The number of thiol groups is 2. The summed E-state index contributed by atoms with van der Waals surface area (Å²) in [6, 6.07) is 0.785. The van der Waals surface area contributed by atoms with Crippen LogP contribution in [0.15, 0.2) is 15.9 Å². The van der Waals surface area contributed by atoms with Gasteiger partial charge in [0.1, 0.15) is 0 Å². The van der Waals surface area contributed by atoms with E-state index in [0.717, 1.165) is 6.07 Å². The molecule has 14 heavy (non-hydrogen) atoms. The topological polar surface area (TPSA) is 52.0 Å². The van der Waals surface area contributed by atoms with Crippen LogP contribution in [-0.2, 0) is 6.18 Å². The lowest BCUT2D eigenvalue weighted by Crippen LogP contribution is -2.11. The molecule has 2 nitrogen and oxygen atoms in total. The monoisotopic (exact) mass is 240 g/mol. The molecule has 7 heteroatoms. The molecule has 0 heterocycles. The van der Waals surface area contributed by atoms with Crippen LogP contribution in [-0.4, -0.2) is 0 Å². The summed E-state index contributed by atoms with van der Waals surface area (Å²) in [6.07, 6.45) is -4.52. The van der Waals surface area contributed by atoms with Crippen molar-refractivity contribution in [2.45, 2.75) is 16.0 Å². The third-order valence-corrected chi connectivity index (χ3v) is 2.51. The second kappa shape index (κ2) is 3.47. The maximum absolute atomic E-state index is 12.4. The first-order valence-electron chi connectivity index (χ1n) is 3.42. The third kappa shape index (κ3) is 1.88. The highest BCUT2D eigenvalue weighted by Gasteiger charge is 2.34. The molecule has 0 atom stereocenters. The molecule has 0 aliphatic heterocycles. The minimum atomic E-state index is -4.52. The van der Waals surface area contributed by atoms with Crippen molar-refractivity contribution in [3.63, 3.8) is 0 Å². The molecule has 1 aromatic rings. The predicted molar refractivity (Wildman–Crippen MR) is 54.8 cm³/mol. The van der Waals surface area contributed by atoms with E-state index in [-0.39, 0.29) is 15.5 Å². The van der Waals surface area contributed by atoms with Gasteiger partial charge in [0.2, 0.25) is 0 Å². The first-order chi connectivity index (χ1) is 6.25. The Hall–Kier alpha value is -0.690. The average Bonchev–Trinajstić information content (AvgIpc) is 2.06. The molecule has 0 amide bonds. The predicted octanol–water partition coefficient (Wildman–Crippen LogP) is 2.45. The summed E-state index contributed by atoms with van der Waals surface area (Å²) in [5.41, 5.74) is 9.22.